The number of carbonyl (C=O) groups is 3. The Balaban J connectivity index is 1.79. The van der Waals surface area contributed by atoms with Crippen LogP contribution in [-0.4, -0.2) is 68.8 Å². The molecular weight excluding hydrogens is 483 g/mol. The number of nitrogens with zero attached hydrogens (tertiary/aromatic N) is 3. The lowest BCUT2D eigenvalue weighted by Crippen LogP contribution is -2.71. The number of rotatable bonds is 9. The summed E-state index contributed by atoms with van der Waals surface area (Å²) in [5.74, 6) is -3.04. The Hall–Kier alpha value is -2.62. The van der Waals surface area contributed by atoms with Gasteiger partial charge in [-0.25, -0.2) is 14.2 Å². The van der Waals surface area contributed by atoms with Crippen LogP contribution in [-0.2, 0) is 19.2 Å². The number of thioether (sulfide) groups is 2. The van der Waals surface area contributed by atoms with Crippen molar-refractivity contribution in [1.29, 1.82) is 0 Å². The van der Waals surface area contributed by atoms with Crippen molar-refractivity contribution in [2.24, 2.45) is 10.9 Å². The lowest BCUT2D eigenvalue weighted by atomic mass is 10.0. The number of anilines is 1. The molecule has 0 saturated carbocycles. The highest BCUT2D eigenvalue weighted by atomic mass is 32.2. The molecule has 1 unspecified atom stereocenters. The van der Waals surface area contributed by atoms with Gasteiger partial charge in [0.1, 0.15) is 35.2 Å². The Bertz CT molecular complexity index is 1030. The number of halogens is 1. The first-order valence-electron chi connectivity index (χ1n) is 9.13. The Morgan fingerprint density at radius 1 is 1.56 bits per heavy atom. The predicted molar refractivity (Wildman–Crippen MR) is 120 cm³/mol. The van der Waals surface area contributed by atoms with E-state index in [4.69, 9.17) is 16.3 Å². The molecule has 2 atom stereocenters. The van der Waals surface area contributed by atoms with Gasteiger partial charge in [-0.05, 0) is 6.92 Å². The van der Waals surface area contributed by atoms with Gasteiger partial charge in [-0.2, -0.15) is 0 Å². The van der Waals surface area contributed by atoms with Crippen LogP contribution in [0.15, 0.2) is 32.4 Å². The molecule has 2 amide bonds. The molecule has 3 rings (SSSR count). The number of carbonyl (C=O) groups excluding carboxylic acids is 2. The summed E-state index contributed by atoms with van der Waals surface area (Å²) in [5.41, 5.74) is 10.6. The lowest BCUT2D eigenvalue weighted by molar-refractivity contribution is -0.150. The van der Waals surface area contributed by atoms with E-state index in [1.165, 1.54) is 17.1 Å². The average Bonchev–Trinajstić information content (AvgIpc) is 3.20. The van der Waals surface area contributed by atoms with Gasteiger partial charge >= 0.3 is 5.97 Å². The fourth-order valence-electron chi connectivity index (χ4n) is 2.80. The van der Waals surface area contributed by atoms with Crippen LogP contribution in [0.4, 0.5) is 9.52 Å². The van der Waals surface area contributed by atoms with Gasteiger partial charge in [0.2, 0.25) is 0 Å². The summed E-state index contributed by atoms with van der Waals surface area (Å²) in [7, 11) is 0. The number of carboxylic acid groups (broad SMARTS) is 1. The SMILES string of the molecule is CCO/N=C(\C(=O)NC1C(=O)N2C(C(=O)O)=C(S/C=C(\F)CN)CS[C@H]12)c1csc(N)n1. The maximum absolute atomic E-state index is 13.4. The summed E-state index contributed by atoms with van der Waals surface area (Å²) < 4.78 is 13.4. The molecule has 1 fully saturated rings. The van der Waals surface area contributed by atoms with E-state index < -0.39 is 35.0 Å². The first kappa shape index (κ1) is 24.0. The van der Waals surface area contributed by atoms with E-state index in [0.717, 1.165) is 33.4 Å². The van der Waals surface area contributed by atoms with Crippen molar-refractivity contribution < 1.29 is 28.7 Å². The number of thiazole rings is 1. The highest BCUT2D eigenvalue weighted by Gasteiger charge is 2.54. The number of aromatic nitrogens is 1. The molecule has 32 heavy (non-hydrogen) atoms. The van der Waals surface area contributed by atoms with Gasteiger partial charge in [0.05, 0.1) is 0 Å². The van der Waals surface area contributed by atoms with Crippen molar-refractivity contribution in [3.63, 3.8) is 0 Å². The molecule has 0 spiro atoms. The van der Waals surface area contributed by atoms with Gasteiger partial charge in [-0.15, -0.1) is 23.1 Å². The van der Waals surface area contributed by atoms with Crippen LogP contribution in [0.5, 0.6) is 0 Å². The van der Waals surface area contributed by atoms with Gasteiger partial charge in [0.25, 0.3) is 11.8 Å². The molecule has 0 bridgehead atoms. The third-order valence-corrected chi connectivity index (χ3v) is 7.34. The number of nitrogens with one attached hydrogen (secondary N) is 1. The highest BCUT2D eigenvalue weighted by Crippen LogP contribution is 2.43. The summed E-state index contributed by atoms with van der Waals surface area (Å²) in [5, 5.41) is 18.2. The maximum atomic E-state index is 13.4. The predicted octanol–water partition coefficient (Wildman–Crippen LogP) is 0.665. The molecule has 2 aliphatic heterocycles. The van der Waals surface area contributed by atoms with Crippen molar-refractivity contribution in [2.45, 2.75) is 18.3 Å². The summed E-state index contributed by atoms with van der Waals surface area (Å²) in [4.78, 5) is 47.7. The quantitative estimate of drug-likeness (QED) is 0.213. The second-order valence-corrected chi connectivity index (χ2v) is 9.21. The van der Waals surface area contributed by atoms with E-state index in [2.05, 4.69) is 15.5 Å². The van der Waals surface area contributed by atoms with Gasteiger partial charge in [0, 0.05) is 28.0 Å². The van der Waals surface area contributed by atoms with Crippen LogP contribution in [0, 0.1) is 0 Å². The number of β-lactam (4-membered cyclic amide) rings is 1. The Labute approximate surface area is 194 Å². The van der Waals surface area contributed by atoms with E-state index in [-0.39, 0.29) is 41.1 Å². The number of aliphatic carboxylic acids is 1. The van der Waals surface area contributed by atoms with Gasteiger partial charge < -0.3 is 26.7 Å². The van der Waals surface area contributed by atoms with Crippen molar-refractivity contribution in [3.05, 3.63) is 32.9 Å². The van der Waals surface area contributed by atoms with Crippen LogP contribution in [0.1, 0.15) is 12.6 Å². The van der Waals surface area contributed by atoms with Crippen LogP contribution in [0.3, 0.4) is 0 Å². The molecule has 11 nitrogen and oxygen atoms in total. The van der Waals surface area contributed by atoms with Gasteiger partial charge in [-0.1, -0.05) is 16.9 Å². The van der Waals surface area contributed by atoms with Crippen LogP contribution >= 0.6 is 34.9 Å². The van der Waals surface area contributed by atoms with Gasteiger partial charge in [0.15, 0.2) is 10.8 Å². The highest BCUT2D eigenvalue weighted by molar-refractivity contribution is 8.08. The fraction of sp³-hybridized carbons (Fsp3) is 0.353. The molecule has 6 N–H and O–H groups in total. The monoisotopic (exact) mass is 502 g/mol. The summed E-state index contributed by atoms with van der Waals surface area (Å²) in [6.45, 7) is 1.58. The van der Waals surface area contributed by atoms with E-state index in [1.807, 2.05) is 0 Å². The third kappa shape index (κ3) is 4.90. The first-order valence-corrected chi connectivity index (χ1v) is 11.9. The molecule has 172 valence electrons. The maximum Gasteiger partial charge on any atom is 0.353 e. The van der Waals surface area contributed by atoms with Crippen molar-refractivity contribution in [1.82, 2.24) is 15.2 Å². The number of nitrogen functional groups attached to an aromatic ring is 1. The topological polar surface area (TPSA) is 173 Å². The number of hydrogen-bond acceptors (Lipinski definition) is 11. The molecule has 1 aromatic heterocycles. The zero-order chi connectivity index (χ0) is 23.4. The van der Waals surface area contributed by atoms with E-state index in [9.17, 15) is 23.9 Å². The number of oxime groups is 1. The first-order chi connectivity index (χ1) is 15.3. The molecule has 3 heterocycles. The molecule has 0 radical (unpaired) electrons. The third-order valence-electron chi connectivity index (χ3n) is 4.21. The second kappa shape index (κ2) is 10.3. The minimum absolute atomic E-state index is 0.153. The molecule has 15 heteroatoms. The van der Waals surface area contributed by atoms with Crippen LogP contribution < -0.4 is 16.8 Å². The van der Waals surface area contributed by atoms with Crippen molar-refractivity contribution in [2.75, 3.05) is 24.6 Å². The van der Waals surface area contributed by atoms with E-state index in [1.54, 1.807) is 6.92 Å². The number of fused-ring (bicyclic) bond motifs is 1. The summed E-state index contributed by atoms with van der Waals surface area (Å²) >= 11 is 3.22. The molecular formula is C17H19FN6O5S3. The number of carboxylic acids is 1. The lowest BCUT2D eigenvalue weighted by Gasteiger charge is -2.49. The summed E-state index contributed by atoms with van der Waals surface area (Å²) in [6, 6.07) is -0.979. The normalized spacial score (nSPS) is 21.2. The summed E-state index contributed by atoms with van der Waals surface area (Å²) in [6.07, 6.45) is 0. The smallest absolute Gasteiger partial charge is 0.353 e. The standard InChI is InChI=1S/C17H19FN6O5S3/c1-2-29-23-10(8-5-32-17(20)21-8)13(25)22-11-14(26)24-12(16(27)28)9(6-31-15(11)24)30-4-7(18)3-19/h4-5,11,15H,2-3,6,19H2,1H3,(H2,20,21)(H,22,25)(H,27,28)/b7-4-,23-10-/t11?,15-/m1/s1. The second-order valence-electron chi connectivity index (χ2n) is 6.25. The van der Waals surface area contributed by atoms with E-state index >= 15 is 0 Å². The molecule has 2 aliphatic rings. The van der Waals surface area contributed by atoms with Gasteiger partial charge in [-0.3, -0.25) is 14.5 Å². The van der Waals surface area contributed by atoms with Crippen LogP contribution in [0.25, 0.3) is 0 Å². The average molecular weight is 503 g/mol. The minimum atomic E-state index is -1.32. The Morgan fingerprint density at radius 2 is 2.31 bits per heavy atom. The zero-order valence-electron chi connectivity index (χ0n) is 16.6. The number of nitrogens with two attached hydrogens (primary N) is 2. The van der Waals surface area contributed by atoms with E-state index in [0.29, 0.717) is 4.91 Å². The van der Waals surface area contributed by atoms with Crippen molar-refractivity contribution >= 4 is 63.5 Å². The number of hydrogen-bond donors (Lipinski definition) is 4. The molecule has 1 aromatic rings. The minimum Gasteiger partial charge on any atom is -0.477 e. The Kier molecular flexibility index (Phi) is 7.76. The molecule has 0 aromatic carbocycles. The number of amides is 2. The fourth-order valence-corrected chi connectivity index (χ4v) is 5.69. The van der Waals surface area contributed by atoms with Crippen LogP contribution in [0.2, 0.25) is 0 Å². The molecule has 1 saturated heterocycles. The zero-order valence-corrected chi connectivity index (χ0v) is 19.1. The molecule has 0 aliphatic carbocycles. The Morgan fingerprint density at radius 3 is 2.91 bits per heavy atom. The largest absolute Gasteiger partial charge is 0.477 e. The van der Waals surface area contributed by atoms with Crippen molar-refractivity contribution in [3.8, 4) is 0 Å².